The standard InChI is InChI=1S/C34H48N6O10/c1-23(42)36-31-33(48)32(47)27(22-41)50-34(31)37(3)49-16-10-15-38(29(45)21-39(24(2)43)17-25-11-6-4-7-12-25)20-30(46)40(19-28(35)44)18-26-13-8-5-9-14-26/h4-9,11-14,27,31-34,41,47-48H,10,15-22H2,1-3H3,(H2,35,44)(H,36,42)/t27-,31-,32-,33-,34?/m1/s1. The Labute approximate surface area is 291 Å². The van der Waals surface area contributed by atoms with E-state index in [-0.39, 0.29) is 51.7 Å². The molecule has 274 valence electrons. The number of likely N-dealkylation sites (N-methyl/N-ethyl adjacent to an activating group) is 1. The highest BCUT2D eigenvalue weighted by Crippen LogP contribution is 2.23. The van der Waals surface area contributed by atoms with Gasteiger partial charge >= 0.3 is 0 Å². The zero-order chi connectivity index (χ0) is 36.8. The maximum Gasteiger partial charge on any atom is 0.242 e. The molecule has 0 aromatic heterocycles. The molecule has 0 aliphatic carbocycles. The highest BCUT2D eigenvalue weighted by atomic mass is 16.7. The molecule has 16 heteroatoms. The van der Waals surface area contributed by atoms with E-state index >= 15 is 0 Å². The van der Waals surface area contributed by atoms with Crippen LogP contribution < -0.4 is 11.1 Å². The second-order valence-electron chi connectivity index (χ2n) is 12.1. The van der Waals surface area contributed by atoms with E-state index < -0.39 is 67.4 Å². The number of hydroxylamine groups is 2. The van der Waals surface area contributed by atoms with Gasteiger partial charge in [0.1, 0.15) is 24.9 Å². The molecule has 0 spiro atoms. The van der Waals surface area contributed by atoms with E-state index in [9.17, 15) is 39.3 Å². The summed E-state index contributed by atoms with van der Waals surface area (Å²) in [4.78, 5) is 73.3. The van der Waals surface area contributed by atoms with Crippen molar-refractivity contribution in [2.24, 2.45) is 5.73 Å². The summed E-state index contributed by atoms with van der Waals surface area (Å²) < 4.78 is 5.72. The van der Waals surface area contributed by atoms with Crippen molar-refractivity contribution in [3.63, 3.8) is 0 Å². The molecule has 1 fully saturated rings. The first-order valence-corrected chi connectivity index (χ1v) is 16.2. The summed E-state index contributed by atoms with van der Waals surface area (Å²) in [6.45, 7) is 1.12. The number of amides is 5. The van der Waals surface area contributed by atoms with E-state index in [0.717, 1.165) is 11.1 Å². The average Bonchev–Trinajstić information content (AvgIpc) is 3.08. The summed E-state index contributed by atoms with van der Waals surface area (Å²) in [5.74, 6) is -2.60. The molecule has 0 bridgehead atoms. The minimum Gasteiger partial charge on any atom is -0.394 e. The third-order valence-electron chi connectivity index (χ3n) is 8.08. The van der Waals surface area contributed by atoms with Crippen LogP contribution in [0.15, 0.2) is 60.7 Å². The van der Waals surface area contributed by atoms with Gasteiger partial charge in [0.2, 0.25) is 29.5 Å². The van der Waals surface area contributed by atoms with Gasteiger partial charge in [0.05, 0.1) is 32.3 Å². The predicted octanol–water partition coefficient (Wildman–Crippen LogP) is -1.42. The second-order valence-corrected chi connectivity index (χ2v) is 12.1. The molecule has 1 unspecified atom stereocenters. The number of nitrogens with one attached hydrogen (secondary N) is 1. The number of aliphatic hydroxyl groups excluding tert-OH is 3. The van der Waals surface area contributed by atoms with Crippen LogP contribution in [0.5, 0.6) is 0 Å². The van der Waals surface area contributed by atoms with Crippen molar-refractivity contribution in [1.29, 1.82) is 0 Å². The van der Waals surface area contributed by atoms with Crippen molar-refractivity contribution in [1.82, 2.24) is 25.1 Å². The number of carbonyl (C=O) groups is 5. The predicted molar refractivity (Wildman–Crippen MR) is 179 cm³/mol. The van der Waals surface area contributed by atoms with Crippen LogP contribution in [0.3, 0.4) is 0 Å². The van der Waals surface area contributed by atoms with Crippen molar-refractivity contribution in [3.8, 4) is 0 Å². The zero-order valence-electron chi connectivity index (χ0n) is 28.6. The number of benzene rings is 2. The molecule has 1 saturated heterocycles. The monoisotopic (exact) mass is 700 g/mol. The molecule has 1 heterocycles. The van der Waals surface area contributed by atoms with E-state index in [4.69, 9.17) is 15.3 Å². The van der Waals surface area contributed by atoms with Gasteiger partial charge in [-0.05, 0) is 17.5 Å². The van der Waals surface area contributed by atoms with Gasteiger partial charge in [-0.2, -0.15) is 5.06 Å². The molecule has 1 aliphatic rings. The number of carbonyl (C=O) groups excluding carboxylic acids is 5. The van der Waals surface area contributed by atoms with Gasteiger partial charge in [-0.25, -0.2) is 0 Å². The van der Waals surface area contributed by atoms with Crippen LogP contribution >= 0.6 is 0 Å². The largest absolute Gasteiger partial charge is 0.394 e. The highest BCUT2D eigenvalue weighted by Gasteiger charge is 2.46. The number of hydrogen-bond acceptors (Lipinski definition) is 11. The number of rotatable bonds is 18. The number of aliphatic hydroxyl groups is 3. The van der Waals surface area contributed by atoms with E-state index in [1.165, 1.54) is 40.7 Å². The second kappa shape index (κ2) is 19.7. The Hall–Kier alpha value is -4.45. The Kier molecular flexibility index (Phi) is 15.7. The van der Waals surface area contributed by atoms with Crippen LogP contribution in [0, 0.1) is 0 Å². The van der Waals surface area contributed by atoms with Crippen molar-refractivity contribution < 1.29 is 48.9 Å². The highest BCUT2D eigenvalue weighted by molar-refractivity contribution is 5.89. The molecule has 5 atom stereocenters. The average molecular weight is 701 g/mol. The maximum atomic E-state index is 13.7. The summed E-state index contributed by atoms with van der Waals surface area (Å²) >= 11 is 0. The summed E-state index contributed by atoms with van der Waals surface area (Å²) in [5, 5.41) is 34.3. The van der Waals surface area contributed by atoms with Gasteiger partial charge in [-0.3, -0.25) is 28.8 Å². The van der Waals surface area contributed by atoms with Crippen molar-refractivity contribution in [2.45, 2.75) is 63.9 Å². The number of nitrogens with zero attached hydrogens (tertiary/aromatic N) is 4. The molecule has 1 aliphatic heterocycles. The summed E-state index contributed by atoms with van der Waals surface area (Å²) in [6, 6.07) is 17.0. The normalized spacial score (nSPS) is 20.2. The molecule has 2 aromatic rings. The van der Waals surface area contributed by atoms with Gasteiger partial charge in [0, 0.05) is 40.5 Å². The fourth-order valence-corrected chi connectivity index (χ4v) is 5.46. The number of ether oxygens (including phenoxy) is 1. The Morgan fingerprint density at radius 3 is 1.88 bits per heavy atom. The van der Waals surface area contributed by atoms with Crippen molar-refractivity contribution in [3.05, 3.63) is 71.8 Å². The van der Waals surface area contributed by atoms with E-state index in [1.54, 1.807) is 24.3 Å². The minimum absolute atomic E-state index is 0.00644. The van der Waals surface area contributed by atoms with Crippen molar-refractivity contribution >= 4 is 29.5 Å². The smallest absolute Gasteiger partial charge is 0.242 e. The first kappa shape index (κ1) is 40.0. The molecule has 6 N–H and O–H groups in total. The molecule has 0 radical (unpaired) electrons. The van der Waals surface area contributed by atoms with Gasteiger partial charge in [-0.1, -0.05) is 60.7 Å². The fraction of sp³-hybridized carbons (Fsp3) is 0.500. The molecule has 0 saturated carbocycles. The summed E-state index contributed by atoms with van der Waals surface area (Å²) in [5.41, 5.74) is 7.02. The molecule has 5 amide bonds. The lowest BCUT2D eigenvalue weighted by atomic mass is 9.96. The first-order chi connectivity index (χ1) is 23.8. The van der Waals surface area contributed by atoms with Gasteiger partial charge < -0.3 is 45.8 Å². The molecular weight excluding hydrogens is 652 g/mol. The lowest BCUT2D eigenvalue weighted by Crippen LogP contribution is -2.67. The van der Waals surface area contributed by atoms with Crippen LogP contribution in [0.2, 0.25) is 0 Å². The Balaban J connectivity index is 1.74. The van der Waals surface area contributed by atoms with Crippen LogP contribution in [0.1, 0.15) is 31.4 Å². The van der Waals surface area contributed by atoms with E-state index in [0.29, 0.717) is 0 Å². The summed E-state index contributed by atoms with van der Waals surface area (Å²) in [7, 11) is 1.48. The summed E-state index contributed by atoms with van der Waals surface area (Å²) in [6.07, 6.45) is -5.01. The number of hydrogen-bond donors (Lipinski definition) is 5. The lowest BCUT2D eigenvalue weighted by Gasteiger charge is -2.45. The zero-order valence-corrected chi connectivity index (χ0v) is 28.6. The van der Waals surface area contributed by atoms with Crippen molar-refractivity contribution in [2.75, 3.05) is 46.4 Å². The quantitative estimate of drug-likeness (QED) is 0.0898. The van der Waals surface area contributed by atoms with Gasteiger partial charge in [0.15, 0.2) is 6.23 Å². The molecule has 2 aromatic carbocycles. The lowest BCUT2D eigenvalue weighted by molar-refractivity contribution is -0.304. The van der Waals surface area contributed by atoms with Crippen LogP contribution in [-0.4, -0.2) is 142 Å². The van der Waals surface area contributed by atoms with Crippen LogP contribution in [0.25, 0.3) is 0 Å². The third kappa shape index (κ3) is 12.2. The number of primary amides is 1. The maximum absolute atomic E-state index is 13.7. The van der Waals surface area contributed by atoms with Gasteiger partial charge in [0.25, 0.3) is 0 Å². The van der Waals surface area contributed by atoms with Crippen LogP contribution in [0.4, 0.5) is 0 Å². The third-order valence-corrected chi connectivity index (χ3v) is 8.08. The minimum atomic E-state index is -1.47. The molecule has 50 heavy (non-hydrogen) atoms. The molecule has 3 rings (SSSR count). The van der Waals surface area contributed by atoms with E-state index in [2.05, 4.69) is 5.32 Å². The topological polar surface area (TPSA) is 216 Å². The Morgan fingerprint density at radius 1 is 0.820 bits per heavy atom. The Morgan fingerprint density at radius 2 is 1.36 bits per heavy atom. The van der Waals surface area contributed by atoms with Gasteiger partial charge in [-0.15, -0.1) is 0 Å². The Bertz CT molecular complexity index is 1420. The number of nitrogens with two attached hydrogens (primary N) is 1. The van der Waals surface area contributed by atoms with E-state index in [1.807, 2.05) is 36.4 Å². The SMILES string of the molecule is CC(=O)N[C@H]1C(N(C)OCCCN(CC(=O)N(CC(N)=O)Cc2ccccc2)C(=O)CN(Cc2ccccc2)C(C)=O)O[C@H](CO)[C@@H](O)[C@@H]1O. The molecular formula is C34H48N6O10. The van der Waals surface area contributed by atoms with Crippen LogP contribution in [-0.2, 0) is 46.6 Å². The first-order valence-electron chi connectivity index (χ1n) is 16.2. The fourth-order valence-electron chi connectivity index (χ4n) is 5.46. The molecule has 16 nitrogen and oxygen atoms in total.